The Morgan fingerprint density at radius 1 is 0.535 bits per heavy atom. The SMILES string of the molecule is COCCOCCOCCOCCOCCOCCOCCOCCOCCOCC(=O)NCCCC[C@H](NC(=O)CN1C(=O)C=CC1=O)C(=O)NCCCC(=O)N[C@@H](CCC(=O)OC(C)(C)C)C(=O)O. The van der Waals surface area contributed by atoms with Gasteiger partial charge in [-0.15, -0.1) is 0 Å². The lowest BCUT2D eigenvalue weighted by Gasteiger charge is -2.21. The van der Waals surface area contributed by atoms with E-state index in [0.29, 0.717) is 119 Å². The van der Waals surface area contributed by atoms with Crippen LogP contribution in [0.15, 0.2) is 12.2 Å². The Bertz CT molecular complexity index is 1550. The average molecular weight is 1020 g/mol. The molecule has 0 aliphatic carbocycles. The van der Waals surface area contributed by atoms with E-state index in [9.17, 15) is 43.5 Å². The lowest BCUT2D eigenvalue weighted by molar-refractivity contribution is -0.155. The minimum Gasteiger partial charge on any atom is -0.480 e. The fourth-order valence-electron chi connectivity index (χ4n) is 5.82. The second-order valence-corrected chi connectivity index (χ2v) is 16.5. The number of hydrogen-bond donors (Lipinski definition) is 5. The number of ether oxygens (including phenoxy) is 11. The first kappa shape index (κ1) is 64.3. The van der Waals surface area contributed by atoms with Crippen LogP contribution in [0, 0.1) is 0 Å². The van der Waals surface area contributed by atoms with Gasteiger partial charge >= 0.3 is 11.9 Å². The maximum absolute atomic E-state index is 13.1. The Balaban J connectivity index is 2.16. The van der Waals surface area contributed by atoms with Gasteiger partial charge in [0.05, 0.1) is 119 Å². The van der Waals surface area contributed by atoms with Crippen LogP contribution in [-0.2, 0) is 90.5 Å². The molecule has 1 rings (SSSR count). The molecule has 0 aromatic carbocycles. The van der Waals surface area contributed by atoms with E-state index in [4.69, 9.17) is 52.1 Å². The minimum atomic E-state index is -1.32. The normalized spacial score (nSPS) is 13.3. The summed E-state index contributed by atoms with van der Waals surface area (Å²) in [5.41, 5.74) is -0.746. The number of amides is 6. The highest BCUT2D eigenvalue weighted by molar-refractivity contribution is 6.14. The molecule has 0 radical (unpaired) electrons. The molecule has 1 heterocycles. The fraction of sp³-hybridized carbons (Fsp3) is 0.783. The molecule has 1 aliphatic rings. The summed E-state index contributed by atoms with van der Waals surface area (Å²) in [7, 11) is 1.63. The van der Waals surface area contributed by atoms with Gasteiger partial charge in [0.25, 0.3) is 11.8 Å². The van der Waals surface area contributed by atoms with Gasteiger partial charge < -0.3 is 78.5 Å². The lowest BCUT2D eigenvalue weighted by Crippen LogP contribution is -2.50. The highest BCUT2D eigenvalue weighted by atomic mass is 16.6. The van der Waals surface area contributed by atoms with Crippen molar-refractivity contribution in [2.75, 3.05) is 152 Å². The van der Waals surface area contributed by atoms with Gasteiger partial charge in [0.15, 0.2) is 0 Å². The van der Waals surface area contributed by atoms with Crippen LogP contribution in [0.1, 0.15) is 65.7 Å². The monoisotopic (exact) mass is 1020 g/mol. The van der Waals surface area contributed by atoms with Gasteiger partial charge in [0, 0.05) is 45.2 Å². The lowest BCUT2D eigenvalue weighted by atomic mass is 10.1. The molecule has 2 atom stereocenters. The zero-order chi connectivity index (χ0) is 52.4. The van der Waals surface area contributed by atoms with Gasteiger partial charge in [0.2, 0.25) is 23.6 Å². The predicted octanol–water partition coefficient (Wildman–Crippen LogP) is -0.934. The van der Waals surface area contributed by atoms with Crippen molar-refractivity contribution in [3.63, 3.8) is 0 Å². The Labute approximate surface area is 416 Å². The molecule has 0 saturated heterocycles. The summed E-state index contributed by atoms with van der Waals surface area (Å²) in [4.78, 5) is 98.9. The molecule has 25 nitrogen and oxygen atoms in total. The van der Waals surface area contributed by atoms with Crippen LogP contribution in [0.5, 0.6) is 0 Å². The number of rotatable bonds is 47. The average Bonchev–Trinajstić information content (AvgIpc) is 3.63. The van der Waals surface area contributed by atoms with Crippen LogP contribution < -0.4 is 21.3 Å². The number of methoxy groups -OCH3 is 1. The summed E-state index contributed by atoms with van der Waals surface area (Å²) < 4.78 is 58.9. The highest BCUT2D eigenvalue weighted by Gasteiger charge is 2.28. The Morgan fingerprint density at radius 3 is 1.42 bits per heavy atom. The van der Waals surface area contributed by atoms with Crippen molar-refractivity contribution in [2.24, 2.45) is 0 Å². The molecule has 0 spiro atoms. The van der Waals surface area contributed by atoms with E-state index in [1.54, 1.807) is 27.9 Å². The molecular formula is C46H79N5O20. The molecule has 1 aliphatic heterocycles. The van der Waals surface area contributed by atoms with Crippen molar-refractivity contribution in [3.05, 3.63) is 12.2 Å². The molecule has 71 heavy (non-hydrogen) atoms. The molecule has 6 amide bonds. The third-order valence-corrected chi connectivity index (χ3v) is 9.31. The summed E-state index contributed by atoms with van der Waals surface area (Å²) in [5, 5.41) is 19.7. The van der Waals surface area contributed by atoms with E-state index < -0.39 is 65.7 Å². The van der Waals surface area contributed by atoms with Crippen LogP contribution in [0.3, 0.4) is 0 Å². The molecule has 0 aromatic rings. The second-order valence-electron chi connectivity index (χ2n) is 16.5. The largest absolute Gasteiger partial charge is 0.480 e. The first-order valence-corrected chi connectivity index (χ1v) is 23.9. The molecule has 0 unspecified atom stereocenters. The molecule has 5 N–H and O–H groups in total. The number of esters is 1. The number of hydrogen-bond acceptors (Lipinski definition) is 19. The van der Waals surface area contributed by atoms with E-state index in [2.05, 4.69) is 21.3 Å². The van der Waals surface area contributed by atoms with Crippen LogP contribution in [0.25, 0.3) is 0 Å². The van der Waals surface area contributed by atoms with Gasteiger partial charge in [-0.25, -0.2) is 4.79 Å². The fourth-order valence-corrected chi connectivity index (χ4v) is 5.82. The molecule has 0 aromatic heterocycles. The number of carboxylic acids is 1. The number of carboxylic acid groups (broad SMARTS) is 1. The summed E-state index contributed by atoms with van der Waals surface area (Å²) >= 11 is 0. The number of unbranched alkanes of at least 4 members (excludes halogenated alkanes) is 1. The van der Waals surface area contributed by atoms with E-state index in [1.807, 2.05) is 0 Å². The van der Waals surface area contributed by atoms with E-state index in [1.165, 1.54) is 0 Å². The van der Waals surface area contributed by atoms with E-state index >= 15 is 0 Å². The summed E-state index contributed by atoms with van der Waals surface area (Å²) in [5.74, 6) is -5.57. The minimum absolute atomic E-state index is 0.00790. The zero-order valence-electron chi connectivity index (χ0n) is 42.0. The smallest absolute Gasteiger partial charge is 0.326 e. The van der Waals surface area contributed by atoms with Crippen LogP contribution in [-0.4, -0.2) is 227 Å². The number of carbonyl (C=O) groups is 8. The van der Waals surface area contributed by atoms with E-state index in [0.717, 1.165) is 17.1 Å². The standard InChI is InChI=1S/C46H79N5O20/c1-46(2,3)71-43(57)13-10-37(45(59)60)50-38(52)9-7-15-48-44(58)36(49-39(53)34-51-41(55)11-12-42(51)56)8-5-6-14-47-40(54)35-70-33-32-69-31-30-68-29-28-67-27-26-66-25-24-65-23-22-64-21-20-63-19-18-62-17-16-61-4/h11-12,36-37H,5-10,13-35H2,1-4H3,(H,47,54)(H,48,58)(H,49,53)(H,50,52)(H,59,60)/t36-,37-/m0/s1. The van der Waals surface area contributed by atoms with E-state index in [-0.39, 0.29) is 70.9 Å². The van der Waals surface area contributed by atoms with Crippen molar-refractivity contribution in [1.29, 1.82) is 0 Å². The van der Waals surface area contributed by atoms with Gasteiger partial charge in [-0.05, 0) is 52.9 Å². The Hall–Kier alpha value is -4.70. The van der Waals surface area contributed by atoms with Gasteiger partial charge in [-0.1, -0.05) is 0 Å². The predicted molar refractivity (Wildman–Crippen MR) is 251 cm³/mol. The number of aliphatic carboxylic acids is 1. The first-order chi connectivity index (χ1) is 34.1. The van der Waals surface area contributed by atoms with Crippen molar-refractivity contribution in [3.8, 4) is 0 Å². The summed E-state index contributed by atoms with van der Waals surface area (Å²) in [6, 6.07) is -2.41. The zero-order valence-corrected chi connectivity index (χ0v) is 42.0. The van der Waals surface area contributed by atoms with Crippen molar-refractivity contribution in [1.82, 2.24) is 26.2 Å². The maximum atomic E-state index is 13.1. The molecule has 25 heteroatoms. The molecule has 0 bridgehead atoms. The third-order valence-electron chi connectivity index (χ3n) is 9.31. The summed E-state index contributed by atoms with van der Waals surface area (Å²) in [6.45, 7) is 12.2. The van der Waals surface area contributed by atoms with Crippen molar-refractivity contribution in [2.45, 2.75) is 83.4 Å². The number of nitrogens with zero attached hydrogens (tertiary/aromatic N) is 1. The summed E-state index contributed by atoms with van der Waals surface area (Å²) in [6.07, 6.45) is 2.57. The van der Waals surface area contributed by atoms with Gasteiger partial charge in [-0.3, -0.25) is 38.5 Å². The van der Waals surface area contributed by atoms with Crippen LogP contribution >= 0.6 is 0 Å². The number of imide groups is 1. The number of nitrogens with one attached hydrogen (secondary N) is 4. The Morgan fingerprint density at radius 2 is 0.972 bits per heavy atom. The van der Waals surface area contributed by atoms with Crippen molar-refractivity contribution >= 4 is 47.4 Å². The molecule has 408 valence electrons. The quantitative estimate of drug-likeness (QED) is 0.0279. The van der Waals surface area contributed by atoms with Gasteiger partial charge in [0.1, 0.15) is 30.8 Å². The molecule has 0 fully saturated rings. The first-order valence-electron chi connectivity index (χ1n) is 23.9. The second kappa shape index (κ2) is 41.9. The molecule has 0 saturated carbocycles. The Kier molecular flexibility index (Phi) is 37.9. The van der Waals surface area contributed by atoms with Crippen molar-refractivity contribution < 1.29 is 95.6 Å². The third kappa shape index (κ3) is 37.7. The maximum Gasteiger partial charge on any atom is 0.326 e. The van der Waals surface area contributed by atoms with Crippen LogP contribution in [0.2, 0.25) is 0 Å². The van der Waals surface area contributed by atoms with Crippen LogP contribution in [0.4, 0.5) is 0 Å². The topological polar surface area (TPSA) is 310 Å². The molecular weight excluding hydrogens is 943 g/mol. The highest BCUT2D eigenvalue weighted by Crippen LogP contribution is 2.11. The number of carbonyl (C=O) groups excluding carboxylic acids is 7. The van der Waals surface area contributed by atoms with Gasteiger partial charge in [-0.2, -0.15) is 0 Å².